The number of hydrogen-bond donors (Lipinski definition) is 2. The maximum atomic E-state index is 12.4. The van der Waals surface area contributed by atoms with Gasteiger partial charge in [0.25, 0.3) is 0 Å². The Kier molecular flexibility index (Phi) is 6.99. The maximum absolute atomic E-state index is 12.4. The van der Waals surface area contributed by atoms with Gasteiger partial charge in [-0.15, -0.1) is 0 Å². The lowest BCUT2D eigenvalue weighted by atomic mass is 9.82. The summed E-state index contributed by atoms with van der Waals surface area (Å²) in [6, 6.07) is 16.6. The first-order valence-electron chi connectivity index (χ1n) is 9.64. The van der Waals surface area contributed by atoms with Crippen molar-refractivity contribution in [1.29, 1.82) is 0 Å². The zero-order valence-corrected chi connectivity index (χ0v) is 16.5. The highest BCUT2D eigenvalue weighted by Crippen LogP contribution is 2.30. The fourth-order valence-electron chi connectivity index (χ4n) is 3.19. The van der Waals surface area contributed by atoms with Crippen LogP contribution < -0.4 is 0 Å². The Hall–Kier alpha value is -3.00. The van der Waals surface area contributed by atoms with Crippen LogP contribution in [0.1, 0.15) is 27.6 Å². The van der Waals surface area contributed by atoms with Crippen molar-refractivity contribution in [3.8, 4) is 0 Å². The van der Waals surface area contributed by atoms with Crippen molar-refractivity contribution in [2.45, 2.75) is 30.8 Å². The normalized spacial score (nSPS) is 25.5. The lowest BCUT2D eigenvalue weighted by Crippen LogP contribution is -2.62. The van der Waals surface area contributed by atoms with Crippen LogP contribution in [0.2, 0.25) is 0 Å². The predicted molar refractivity (Wildman–Crippen MR) is 108 cm³/mol. The molecule has 0 radical (unpaired) electrons. The Morgan fingerprint density at radius 2 is 1.50 bits per heavy atom. The number of carbonyl (C=O) groups excluding carboxylic acids is 2. The first kappa shape index (κ1) is 21.7. The molecule has 0 saturated heterocycles. The Morgan fingerprint density at radius 3 is 2.07 bits per heavy atom. The molecule has 2 N–H and O–H groups in total. The third kappa shape index (κ3) is 4.76. The molecule has 0 aliphatic heterocycles. The van der Waals surface area contributed by atoms with Crippen molar-refractivity contribution in [2.75, 3.05) is 13.2 Å². The van der Waals surface area contributed by atoms with E-state index in [-0.39, 0.29) is 6.61 Å². The molecule has 7 nitrogen and oxygen atoms in total. The highest BCUT2D eigenvalue weighted by atomic mass is 16.6. The van der Waals surface area contributed by atoms with E-state index in [4.69, 9.17) is 14.2 Å². The molecule has 0 spiro atoms. The fourth-order valence-corrected chi connectivity index (χ4v) is 3.19. The largest absolute Gasteiger partial charge is 0.459 e. The van der Waals surface area contributed by atoms with Gasteiger partial charge in [0.1, 0.15) is 24.9 Å². The van der Waals surface area contributed by atoms with Gasteiger partial charge in [0.2, 0.25) is 0 Å². The summed E-state index contributed by atoms with van der Waals surface area (Å²) in [7, 11) is 0. The van der Waals surface area contributed by atoms with Gasteiger partial charge in [-0.2, -0.15) is 0 Å². The molecule has 2 aromatic carbocycles. The Balaban J connectivity index is 1.75. The monoisotopic (exact) mass is 412 g/mol. The summed E-state index contributed by atoms with van der Waals surface area (Å²) >= 11 is 0. The van der Waals surface area contributed by atoms with E-state index < -0.39 is 42.5 Å². The Labute approximate surface area is 174 Å². The molecule has 0 unspecified atom stereocenters. The number of carbonyl (C=O) groups is 2. The minimum atomic E-state index is -2.00. The summed E-state index contributed by atoms with van der Waals surface area (Å²) < 4.78 is 16.1. The number of ether oxygens (including phenoxy) is 3. The van der Waals surface area contributed by atoms with Gasteiger partial charge in [0.05, 0.1) is 11.1 Å². The highest BCUT2D eigenvalue weighted by molar-refractivity contribution is 5.90. The molecule has 3 rings (SSSR count). The van der Waals surface area contributed by atoms with Crippen LogP contribution in [0, 0.1) is 0 Å². The van der Waals surface area contributed by atoms with Gasteiger partial charge in [-0.1, -0.05) is 42.5 Å². The average molecular weight is 412 g/mol. The molecule has 0 bridgehead atoms. The van der Waals surface area contributed by atoms with Crippen LogP contribution in [-0.2, 0) is 14.2 Å². The van der Waals surface area contributed by atoms with Crippen LogP contribution in [0.15, 0.2) is 72.8 Å². The van der Waals surface area contributed by atoms with Gasteiger partial charge >= 0.3 is 11.9 Å². The molecular weight excluding hydrogens is 388 g/mol. The number of aliphatic hydroxyl groups excluding tert-OH is 1. The lowest BCUT2D eigenvalue weighted by Gasteiger charge is -2.42. The minimum absolute atomic E-state index is 0.255. The summed E-state index contributed by atoms with van der Waals surface area (Å²) in [6.07, 6.45) is -0.715. The summed E-state index contributed by atoms with van der Waals surface area (Å²) in [5.41, 5.74) is -1.39. The van der Waals surface area contributed by atoms with Crippen molar-refractivity contribution in [1.82, 2.24) is 0 Å². The van der Waals surface area contributed by atoms with Gasteiger partial charge in [-0.3, -0.25) is 0 Å². The van der Waals surface area contributed by atoms with Crippen molar-refractivity contribution in [2.24, 2.45) is 0 Å². The quantitative estimate of drug-likeness (QED) is 0.531. The second-order valence-electron chi connectivity index (χ2n) is 6.88. The molecule has 30 heavy (non-hydrogen) atoms. The second-order valence-corrected chi connectivity index (χ2v) is 6.88. The number of hydrogen-bond acceptors (Lipinski definition) is 7. The third-order valence-electron chi connectivity index (χ3n) is 4.83. The second kappa shape index (κ2) is 9.67. The molecule has 158 valence electrons. The van der Waals surface area contributed by atoms with E-state index in [1.54, 1.807) is 67.6 Å². The highest BCUT2D eigenvalue weighted by Gasteiger charge is 2.51. The van der Waals surface area contributed by atoms with E-state index in [9.17, 15) is 19.8 Å². The molecule has 0 aromatic heterocycles. The topological polar surface area (TPSA) is 102 Å². The van der Waals surface area contributed by atoms with Crippen LogP contribution in [0.4, 0.5) is 0 Å². The smallest absolute Gasteiger partial charge is 0.338 e. The van der Waals surface area contributed by atoms with Gasteiger partial charge in [0, 0.05) is 6.61 Å². The van der Waals surface area contributed by atoms with Crippen LogP contribution in [-0.4, -0.2) is 59.3 Å². The number of benzene rings is 2. The lowest BCUT2D eigenvalue weighted by molar-refractivity contribution is -0.194. The van der Waals surface area contributed by atoms with Crippen molar-refractivity contribution >= 4 is 11.9 Å². The summed E-state index contributed by atoms with van der Waals surface area (Å²) in [4.78, 5) is 24.6. The zero-order valence-electron chi connectivity index (χ0n) is 16.5. The van der Waals surface area contributed by atoms with Crippen molar-refractivity contribution < 1.29 is 34.0 Å². The van der Waals surface area contributed by atoms with Crippen molar-refractivity contribution in [3.63, 3.8) is 0 Å². The maximum Gasteiger partial charge on any atom is 0.338 e. The van der Waals surface area contributed by atoms with Crippen LogP contribution in [0.5, 0.6) is 0 Å². The first-order chi connectivity index (χ1) is 14.5. The van der Waals surface area contributed by atoms with E-state index in [2.05, 4.69) is 0 Å². The summed E-state index contributed by atoms with van der Waals surface area (Å²) in [5, 5.41) is 22.0. The van der Waals surface area contributed by atoms with Gasteiger partial charge in [-0.05, 0) is 37.3 Å². The van der Waals surface area contributed by atoms with E-state index in [0.29, 0.717) is 11.1 Å². The first-order valence-corrected chi connectivity index (χ1v) is 9.64. The molecule has 0 heterocycles. The fraction of sp³-hybridized carbons (Fsp3) is 0.304. The van der Waals surface area contributed by atoms with Gasteiger partial charge < -0.3 is 24.4 Å². The average Bonchev–Trinajstić information content (AvgIpc) is 2.78. The van der Waals surface area contributed by atoms with E-state index in [1.807, 2.05) is 0 Å². The molecule has 7 heteroatoms. The Morgan fingerprint density at radius 1 is 0.933 bits per heavy atom. The van der Waals surface area contributed by atoms with E-state index >= 15 is 0 Å². The molecule has 2 aromatic rings. The van der Waals surface area contributed by atoms with E-state index in [1.165, 1.54) is 12.2 Å². The van der Waals surface area contributed by atoms with Crippen LogP contribution >= 0.6 is 0 Å². The van der Waals surface area contributed by atoms with Crippen molar-refractivity contribution in [3.05, 3.63) is 83.9 Å². The third-order valence-corrected chi connectivity index (χ3v) is 4.83. The number of rotatable bonds is 7. The molecule has 0 saturated carbocycles. The number of esters is 2. The zero-order chi connectivity index (χ0) is 21.6. The Bertz CT molecular complexity index is 881. The SMILES string of the molecule is CCO[C@H]1C=C[C@@H](OC(=O)c2ccccc2)[C@H](O)[C@@]1(O)COC(=O)c1ccccc1. The number of aliphatic hydroxyl groups is 2. The van der Waals surface area contributed by atoms with Crippen LogP contribution in [0.25, 0.3) is 0 Å². The predicted octanol–water partition coefficient (Wildman–Crippen LogP) is 2.14. The molecule has 4 atom stereocenters. The molecule has 1 aliphatic rings. The molecule has 0 fully saturated rings. The molecular formula is C23H24O7. The van der Waals surface area contributed by atoms with Crippen LogP contribution in [0.3, 0.4) is 0 Å². The van der Waals surface area contributed by atoms with E-state index in [0.717, 1.165) is 0 Å². The molecule has 0 amide bonds. The molecule has 1 aliphatic carbocycles. The van der Waals surface area contributed by atoms with Gasteiger partial charge in [0.15, 0.2) is 5.60 Å². The summed E-state index contributed by atoms with van der Waals surface area (Å²) in [6.45, 7) is 1.44. The summed E-state index contributed by atoms with van der Waals surface area (Å²) in [5.74, 6) is -1.30. The minimum Gasteiger partial charge on any atom is -0.459 e. The van der Waals surface area contributed by atoms with Gasteiger partial charge in [-0.25, -0.2) is 9.59 Å². The standard InChI is InChI=1S/C23H24O7/c1-2-28-19-14-13-18(30-22(26)17-11-7-4-8-12-17)20(24)23(19,27)15-29-21(25)16-9-5-3-6-10-16/h3-14,18-20,24,27H,2,15H2,1H3/t18-,19+,20+,23-/m1/s1.